The van der Waals surface area contributed by atoms with Gasteiger partial charge in [0.2, 0.25) is 0 Å². The van der Waals surface area contributed by atoms with E-state index in [2.05, 4.69) is 20.3 Å². The van der Waals surface area contributed by atoms with Crippen LogP contribution >= 0.6 is 0 Å². The molecule has 0 saturated heterocycles. The Morgan fingerprint density at radius 2 is 2.19 bits per heavy atom. The second-order valence-electron chi connectivity index (χ2n) is 4.66. The first-order valence-corrected chi connectivity index (χ1v) is 7.21. The van der Waals surface area contributed by atoms with Gasteiger partial charge in [-0.3, -0.25) is 9.78 Å². The third-order valence-electron chi connectivity index (χ3n) is 3.31. The second kappa shape index (κ2) is 7.42. The van der Waals surface area contributed by atoms with Gasteiger partial charge in [0.05, 0.1) is 6.33 Å². The molecule has 0 spiro atoms. The standard InChI is InChI=1S/C15H21N5O/c1-3-20(4-2)15(21)14-9-12(5-8-18-14)17-7-6-13-10-16-11-19-13/h5,8-11H,3-4,6-7H2,1-2H3,(H,16,19)(H,17,18). The van der Waals surface area contributed by atoms with Crippen molar-refractivity contribution in [3.63, 3.8) is 0 Å². The van der Waals surface area contributed by atoms with Gasteiger partial charge in [0.25, 0.3) is 5.91 Å². The molecule has 0 aliphatic rings. The molecular formula is C15H21N5O. The number of H-pyrrole nitrogens is 1. The third-order valence-corrected chi connectivity index (χ3v) is 3.31. The number of nitrogens with zero attached hydrogens (tertiary/aromatic N) is 3. The number of aromatic nitrogens is 3. The zero-order chi connectivity index (χ0) is 15.1. The Hall–Kier alpha value is -2.37. The number of amides is 1. The maximum absolute atomic E-state index is 12.2. The van der Waals surface area contributed by atoms with Crippen LogP contribution in [0.15, 0.2) is 30.9 Å². The van der Waals surface area contributed by atoms with Gasteiger partial charge in [-0.25, -0.2) is 4.98 Å². The Morgan fingerprint density at radius 3 is 2.86 bits per heavy atom. The highest BCUT2D eigenvalue weighted by molar-refractivity contribution is 5.93. The SMILES string of the molecule is CCN(CC)C(=O)c1cc(NCCc2cnc[nH]2)ccn1. The van der Waals surface area contributed by atoms with Gasteiger partial charge in [-0.15, -0.1) is 0 Å². The van der Waals surface area contributed by atoms with E-state index in [4.69, 9.17) is 0 Å². The molecule has 0 aliphatic heterocycles. The predicted molar refractivity (Wildman–Crippen MR) is 82.3 cm³/mol. The molecule has 0 atom stereocenters. The summed E-state index contributed by atoms with van der Waals surface area (Å²) >= 11 is 0. The summed E-state index contributed by atoms with van der Waals surface area (Å²) < 4.78 is 0. The van der Waals surface area contributed by atoms with E-state index < -0.39 is 0 Å². The van der Waals surface area contributed by atoms with Crippen LogP contribution in [0.3, 0.4) is 0 Å². The summed E-state index contributed by atoms with van der Waals surface area (Å²) in [6.45, 7) is 6.08. The molecule has 0 radical (unpaired) electrons. The van der Waals surface area contributed by atoms with Gasteiger partial charge >= 0.3 is 0 Å². The highest BCUT2D eigenvalue weighted by Crippen LogP contribution is 2.10. The molecule has 6 nitrogen and oxygen atoms in total. The lowest BCUT2D eigenvalue weighted by molar-refractivity contribution is 0.0767. The molecule has 1 amide bonds. The van der Waals surface area contributed by atoms with Crippen molar-refractivity contribution in [3.05, 3.63) is 42.2 Å². The lowest BCUT2D eigenvalue weighted by Gasteiger charge is -2.18. The molecule has 2 aromatic heterocycles. The largest absolute Gasteiger partial charge is 0.385 e. The Kier molecular flexibility index (Phi) is 5.31. The average Bonchev–Trinajstić information content (AvgIpc) is 3.02. The molecular weight excluding hydrogens is 266 g/mol. The number of hydrogen-bond acceptors (Lipinski definition) is 4. The van der Waals surface area contributed by atoms with E-state index >= 15 is 0 Å². The predicted octanol–water partition coefficient (Wildman–Crippen LogP) is 1.94. The zero-order valence-corrected chi connectivity index (χ0v) is 12.5. The fourth-order valence-electron chi connectivity index (χ4n) is 2.09. The Balaban J connectivity index is 1.95. The van der Waals surface area contributed by atoms with Crippen molar-refractivity contribution in [3.8, 4) is 0 Å². The first-order valence-electron chi connectivity index (χ1n) is 7.21. The van der Waals surface area contributed by atoms with E-state index in [-0.39, 0.29) is 5.91 Å². The number of pyridine rings is 1. The van der Waals surface area contributed by atoms with Crippen LogP contribution in [-0.2, 0) is 6.42 Å². The number of carbonyl (C=O) groups excluding carboxylic acids is 1. The average molecular weight is 287 g/mol. The Labute approximate surface area is 124 Å². The number of hydrogen-bond donors (Lipinski definition) is 2. The summed E-state index contributed by atoms with van der Waals surface area (Å²) in [5, 5.41) is 3.29. The molecule has 0 bridgehead atoms. The summed E-state index contributed by atoms with van der Waals surface area (Å²) in [5.74, 6) is -0.0304. The fourth-order valence-corrected chi connectivity index (χ4v) is 2.09. The molecule has 112 valence electrons. The van der Waals surface area contributed by atoms with Crippen LogP contribution in [0, 0.1) is 0 Å². The maximum Gasteiger partial charge on any atom is 0.272 e. The minimum atomic E-state index is -0.0304. The number of nitrogens with one attached hydrogen (secondary N) is 2. The highest BCUT2D eigenvalue weighted by Gasteiger charge is 2.13. The molecule has 0 unspecified atom stereocenters. The lowest BCUT2D eigenvalue weighted by Crippen LogP contribution is -2.31. The molecule has 0 saturated carbocycles. The highest BCUT2D eigenvalue weighted by atomic mass is 16.2. The van der Waals surface area contributed by atoms with Crippen molar-refractivity contribution in [1.29, 1.82) is 0 Å². The smallest absolute Gasteiger partial charge is 0.272 e. The van der Waals surface area contributed by atoms with Crippen LogP contribution in [0.5, 0.6) is 0 Å². The van der Waals surface area contributed by atoms with Crippen LogP contribution in [0.2, 0.25) is 0 Å². The molecule has 0 aliphatic carbocycles. The number of aromatic amines is 1. The molecule has 2 heterocycles. The van der Waals surface area contributed by atoms with Gasteiger partial charge in [-0.05, 0) is 26.0 Å². The van der Waals surface area contributed by atoms with E-state index in [9.17, 15) is 4.79 Å². The van der Waals surface area contributed by atoms with Crippen molar-refractivity contribution < 1.29 is 4.79 Å². The summed E-state index contributed by atoms with van der Waals surface area (Å²) in [6, 6.07) is 3.67. The fraction of sp³-hybridized carbons (Fsp3) is 0.400. The monoisotopic (exact) mass is 287 g/mol. The summed E-state index contributed by atoms with van der Waals surface area (Å²) in [5.41, 5.74) is 2.46. The van der Waals surface area contributed by atoms with E-state index in [1.54, 1.807) is 23.5 Å². The summed E-state index contributed by atoms with van der Waals surface area (Å²) in [7, 11) is 0. The summed E-state index contributed by atoms with van der Waals surface area (Å²) in [6.07, 6.45) is 5.99. The number of rotatable bonds is 7. The van der Waals surface area contributed by atoms with Gasteiger partial charge in [0.1, 0.15) is 5.69 Å². The number of anilines is 1. The summed E-state index contributed by atoms with van der Waals surface area (Å²) in [4.78, 5) is 25.2. The molecule has 2 aromatic rings. The number of carbonyl (C=O) groups is 1. The molecule has 0 fully saturated rings. The van der Waals surface area contributed by atoms with Crippen LogP contribution in [0.25, 0.3) is 0 Å². The van der Waals surface area contributed by atoms with Crippen molar-refractivity contribution in [1.82, 2.24) is 19.9 Å². The van der Waals surface area contributed by atoms with E-state index in [0.29, 0.717) is 18.8 Å². The second-order valence-corrected chi connectivity index (χ2v) is 4.66. The first kappa shape index (κ1) is 15.0. The van der Waals surface area contributed by atoms with Crippen molar-refractivity contribution in [2.45, 2.75) is 20.3 Å². The van der Waals surface area contributed by atoms with Gasteiger partial charge in [0, 0.05) is 49.8 Å². The Morgan fingerprint density at radius 1 is 1.38 bits per heavy atom. The van der Waals surface area contributed by atoms with Crippen LogP contribution in [-0.4, -0.2) is 45.4 Å². The maximum atomic E-state index is 12.2. The van der Waals surface area contributed by atoms with Crippen molar-refractivity contribution >= 4 is 11.6 Å². The van der Waals surface area contributed by atoms with Gasteiger partial charge in [-0.2, -0.15) is 0 Å². The third kappa shape index (κ3) is 4.05. The Bertz CT molecular complexity index is 563. The van der Waals surface area contributed by atoms with Gasteiger partial charge in [0.15, 0.2) is 0 Å². The van der Waals surface area contributed by atoms with Crippen LogP contribution in [0.4, 0.5) is 5.69 Å². The van der Waals surface area contributed by atoms with Crippen LogP contribution < -0.4 is 5.32 Å². The molecule has 21 heavy (non-hydrogen) atoms. The van der Waals surface area contributed by atoms with E-state index in [1.165, 1.54) is 0 Å². The molecule has 6 heteroatoms. The van der Waals surface area contributed by atoms with Gasteiger partial charge in [-0.1, -0.05) is 0 Å². The quantitative estimate of drug-likeness (QED) is 0.816. The van der Waals surface area contributed by atoms with Crippen LogP contribution in [0.1, 0.15) is 30.0 Å². The molecule has 2 rings (SSSR count). The van der Waals surface area contributed by atoms with Crippen molar-refractivity contribution in [2.24, 2.45) is 0 Å². The topological polar surface area (TPSA) is 73.9 Å². The number of imidazole rings is 1. The van der Waals surface area contributed by atoms with Gasteiger partial charge < -0.3 is 15.2 Å². The first-order chi connectivity index (χ1) is 10.2. The lowest BCUT2D eigenvalue weighted by atomic mass is 10.2. The zero-order valence-electron chi connectivity index (χ0n) is 12.5. The minimum absolute atomic E-state index is 0.0304. The van der Waals surface area contributed by atoms with Crippen molar-refractivity contribution in [2.75, 3.05) is 25.0 Å². The minimum Gasteiger partial charge on any atom is -0.385 e. The van der Waals surface area contributed by atoms with E-state index in [1.807, 2.05) is 26.1 Å². The molecule has 2 N–H and O–H groups in total. The normalized spacial score (nSPS) is 10.4. The molecule has 0 aromatic carbocycles. The van der Waals surface area contributed by atoms with E-state index in [0.717, 1.165) is 24.3 Å².